The van der Waals surface area contributed by atoms with Crippen LogP contribution in [0.1, 0.15) is 24.7 Å². The Balaban J connectivity index is 1.84. The molecular weight excluding hydrogens is 316 g/mol. The van der Waals surface area contributed by atoms with Crippen LogP contribution in [0.25, 0.3) is 0 Å². The smallest absolute Gasteiger partial charge is 0.265 e. The number of carbonyl (C=O) groups is 1. The number of hydrogen-bond donors (Lipinski definition) is 0. The number of rotatable bonds is 3. The lowest BCUT2D eigenvalue weighted by Crippen LogP contribution is -2.41. The normalized spacial score (nSPS) is 17.2. The average molecular weight is 342 g/mol. The molecule has 1 aromatic heterocycles. The van der Waals surface area contributed by atoms with E-state index in [0.29, 0.717) is 5.75 Å². The van der Waals surface area contributed by atoms with Crippen molar-refractivity contribution in [1.29, 1.82) is 0 Å². The van der Waals surface area contributed by atoms with E-state index < -0.39 is 0 Å². The molecule has 134 valence electrons. The largest absolute Gasteiger partial charge is 0.480 e. The summed E-state index contributed by atoms with van der Waals surface area (Å²) >= 11 is 0. The lowest BCUT2D eigenvalue weighted by Gasteiger charge is -2.28. The quantitative estimate of drug-likeness (QED) is 0.860. The maximum atomic E-state index is 13.0. The molecule has 0 aliphatic carbocycles. The Morgan fingerprint density at radius 2 is 1.92 bits per heavy atom. The number of benzene rings is 1. The first-order valence-electron chi connectivity index (χ1n) is 8.65. The predicted octanol–water partition coefficient (Wildman–Crippen LogP) is 2.68. The number of ether oxygens (including phenoxy) is 1. The Morgan fingerprint density at radius 3 is 2.56 bits per heavy atom. The molecule has 1 amide bonds. The van der Waals surface area contributed by atoms with Gasteiger partial charge in [-0.2, -0.15) is 5.10 Å². The summed E-state index contributed by atoms with van der Waals surface area (Å²) in [6, 6.07) is 8.17. The van der Waals surface area contributed by atoms with Crippen LogP contribution in [-0.2, 0) is 11.8 Å². The Morgan fingerprint density at radius 1 is 1.24 bits per heavy atom. The minimum absolute atomic E-state index is 0.00968. The molecule has 1 aliphatic rings. The van der Waals surface area contributed by atoms with Gasteiger partial charge in [0.05, 0.1) is 17.1 Å². The first-order chi connectivity index (χ1) is 11.9. The van der Waals surface area contributed by atoms with E-state index in [0.717, 1.165) is 35.7 Å². The summed E-state index contributed by atoms with van der Waals surface area (Å²) in [6.07, 6.45) is 0.919. The molecule has 0 saturated heterocycles. The van der Waals surface area contributed by atoms with E-state index in [2.05, 4.69) is 30.0 Å². The van der Waals surface area contributed by atoms with Crippen molar-refractivity contribution >= 4 is 17.3 Å². The van der Waals surface area contributed by atoms with E-state index in [1.54, 1.807) is 4.68 Å². The molecule has 6 nitrogen and oxygen atoms in total. The first-order valence-corrected chi connectivity index (χ1v) is 8.65. The van der Waals surface area contributed by atoms with E-state index in [1.165, 1.54) is 0 Å². The second-order valence-corrected chi connectivity index (χ2v) is 6.72. The Bertz CT molecular complexity index is 784. The minimum Gasteiger partial charge on any atom is -0.480 e. The number of fused-ring (bicyclic) bond motifs is 1. The highest BCUT2D eigenvalue weighted by atomic mass is 16.5. The zero-order valence-corrected chi connectivity index (χ0v) is 15.6. The molecule has 0 bridgehead atoms. The Labute approximate surface area is 149 Å². The highest BCUT2D eigenvalue weighted by Crippen LogP contribution is 2.33. The van der Waals surface area contributed by atoms with Gasteiger partial charge in [-0.15, -0.1) is 0 Å². The fourth-order valence-electron chi connectivity index (χ4n) is 3.40. The molecule has 1 aliphatic heterocycles. The van der Waals surface area contributed by atoms with Crippen molar-refractivity contribution < 1.29 is 9.53 Å². The zero-order chi connectivity index (χ0) is 18.1. The van der Waals surface area contributed by atoms with E-state index >= 15 is 0 Å². The van der Waals surface area contributed by atoms with Gasteiger partial charge < -0.3 is 14.5 Å². The van der Waals surface area contributed by atoms with Crippen molar-refractivity contribution in [3.63, 3.8) is 0 Å². The topological polar surface area (TPSA) is 50.6 Å². The summed E-state index contributed by atoms with van der Waals surface area (Å²) in [6.45, 7) is 6.86. The van der Waals surface area contributed by atoms with Crippen molar-refractivity contribution in [3.8, 4) is 5.75 Å². The number of para-hydroxylation sites is 2. The number of carbonyl (C=O) groups excluding carboxylic acids is 1. The number of aryl methyl sites for hydroxylation is 2. The van der Waals surface area contributed by atoms with E-state index in [4.69, 9.17) is 4.74 Å². The van der Waals surface area contributed by atoms with Crippen molar-refractivity contribution in [2.24, 2.45) is 7.05 Å². The summed E-state index contributed by atoms with van der Waals surface area (Å²) in [5, 5.41) is 4.34. The fourth-order valence-corrected chi connectivity index (χ4v) is 3.40. The van der Waals surface area contributed by atoms with Gasteiger partial charge in [0.25, 0.3) is 5.91 Å². The van der Waals surface area contributed by atoms with E-state index in [-0.39, 0.29) is 18.6 Å². The molecule has 1 atom stereocenters. The molecule has 6 heteroatoms. The molecule has 0 radical (unpaired) electrons. The summed E-state index contributed by atoms with van der Waals surface area (Å²) in [5.41, 5.74) is 3.75. The molecule has 0 spiro atoms. The number of anilines is 2. The second kappa shape index (κ2) is 6.78. The van der Waals surface area contributed by atoms with Crippen LogP contribution in [0.15, 0.2) is 24.3 Å². The minimum atomic E-state index is -0.0297. The molecular formula is C19H26N4O2. The number of nitrogens with zero attached hydrogens (tertiary/aromatic N) is 4. The number of aromatic nitrogens is 2. The molecule has 2 heterocycles. The van der Waals surface area contributed by atoms with Crippen LogP contribution in [0.5, 0.6) is 5.75 Å². The van der Waals surface area contributed by atoms with Gasteiger partial charge in [-0.05, 0) is 39.3 Å². The maximum Gasteiger partial charge on any atom is 0.265 e. The molecule has 1 unspecified atom stereocenters. The maximum absolute atomic E-state index is 13.0. The summed E-state index contributed by atoms with van der Waals surface area (Å²) in [4.78, 5) is 17.1. The molecule has 0 N–H and O–H groups in total. The highest BCUT2D eigenvalue weighted by Gasteiger charge is 2.28. The average Bonchev–Trinajstić information content (AvgIpc) is 2.75. The van der Waals surface area contributed by atoms with Crippen molar-refractivity contribution in [2.75, 3.05) is 30.0 Å². The highest BCUT2D eigenvalue weighted by molar-refractivity contribution is 5.98. The summed E-state index contributed by atoms with van der Waals surface area (Å²) < 4.78 is 7.62. The van der Waals surface area contributed by atoms with Gasteiger partial charge in [0, 0.05) is 26.7 Å². The molecule has 3 rings (SSSR count). The third-order valence-corrected chi connectivity index (χ3v) is 4.93. The van der Waals surface area contributed by atoms with Gasteiger partial charge >= 0.3 is 0 Å². The van der Waals surface area contributed by atoms with Gasteiger partial charge in [0.1, 0.15) is 5.69 Å². The fraction of sp³-hybridized carbons (Fsp3) is 0.474. The monoisotopic (exact) mass is 342 g/mol. The van der Waals surface area contributed by atoms with Crippen molar-refractivity contribution in [3.05, 3.63) is 35.7 Å². The van der Waals surface area contributed by atoms with Gasteiger partial charge in [0.2, 0.25) is 0 Å². The van der Waals surface area contributed by atoms with Crippen molar-refractivity contribution in [1.82, 2.24) is 9.78 Å². The van der Waals surface area contributed by atoms with Crippen LogP contribution in [0.2, 0.25) is 0 Å². The predicted molar refractivity (Wildman–Crippen MR) is 99.5 cm³/mol. The zero-order valence-electron chi connectivity index (χ0n) is 15.6. The molecule has 1 aromatic carbocycles. The summed E-state index contributed by atoms with van der Waals surface area (Å²) in [7, 11) is 3.94. The van der Waals surface area contributed by atoms with Crippen LogP contribution in [-0.4, -0.2) is 41.9 Å². The van der Waals surface area contributed by atoms with Gasteiger partial charge in [-0.3, -0.25) is 9.48 Å². The lowest BCUT2D eigenvalue weighted by molar-refractivity contribution is -0.121. The molecule has 0 saturated carbocycles. The lowest BCUT2D eigenvalue weighted by atomic mass is 10.2. The Kier molecular flexibility index (Phi) is 4.70. The van der Waals surface area contributed by atoms with Crippen LogP contribution in [0, 0.1) is 13.8 Å². The molecule has 0 fully saturated rings. The molecule has 25 heavy (non-hydrogen) atoms. The van der Waals surface area contributed by atoms with E-state index in [9.17, 15) is 4.79 Å². The Hall–Kier alpha value is -2.50. The van der Waals surface area contributed by atoms with Crippen molar-refractivity contribution in [2.45, 2.75) is 33.2 Å². The van der Waals surface area contributed by atoms with Crippen LogP contribution < -0.4 is 14.5 Å². The summed E-state index contributed by atoms with van der Waals surface area (Å²) in [5.74, 6) is 0.668. The molecule has 2 aromatic rings. The first kappa shape index (κ1) is 17.3. The van der Waals surface area contributed by atoms with E-state index in [1.807, 2.05) is 44.0 Å². The van der Waals surface area contributed by atoms with Crippen LogP contribution in [0.4, 0.5) is 11.4 Å². The standard InChI is InChI=1S/C19H26N4O2/c1-13-10-11-21(4)16-8-6-7-9-17(16)23(13)18(24)12-25-19-14(2)20-22(5)15(19)3/h6-9,13H,10-12H2,1-5H3. The SMILES string of the molecule is Cc1nn(C)c(C)c1OCC(=O)N1c2ccccc2N(C)CCC1C. The number of amides is 1. The second-order valence-electron chi connectivity index (χ2n) is 6.72. The van der Waals surface area contributed by atoms with Gasteiger partial charge in [-0.1, -0.05) is 12.1 Å². The van der Waals surface area contributed by atoms with Crippen LogP contribution in [0.3, 0.4) is 0 Å². The number of hydrogen-bond acceptors (Lipinski definition) is 4. The van der Waals surface area contributed by atoms with Gasteiger partial charge in [0.15, 0.2) is 12.4 Å². The van der Waals surface area contributed by atoms with Crippen LogP contribution >= 0.6 is 0 Å². The third kappa shape index (κ3) is 3.21. The third-order valence-electron chi connectivity index (χ3n) is 4.93. The van der Waals surface area contributed by atoms with Gasteiger partial charge in [-0.25, -0.2) is 0 Å².